The fourth-order valence-electron chi connectivity index (χ4n) is 1.81. The second-order valence-electron chi connectivity index (χ2n) is 4.81. The number of aromatic nitrogens is 1. The highest BCUT2D eigenvalue weighted by atomic mass is 16.5. The molecule has 1 atom stereocenters. The molecule has 4 nitrogen and oxygen atoms in total. The van der Waals surface area contributed by atoms with Crippen LogP contribution in [0.25, 0.3) is 0 Å². The molecular weight excluding hydrogens is 240 g/mol. The Hall–Kier alpha value is -1.81. The number of ether oxygens (including phenoxy) is 1. The maximum Gasteiger partial charge on any atom is 0.180 e. The predicted octanol–water partition coefficient (Wildman–Crippen LogP) is 3.31. The first-order valence-electron chi connectivity index (χ1n) is 6.52. The SMILES string of the molecule is CC(C)Oc1ccc(C(C)NCc2cnco2)cc1. The Morgan fingerprint density at radius 3 is 2.53 bits per heavy atom. The number of benzene rings is 1. The van der Waals surface area contributed by atoms with E-state index in [1.165, 1.54) is 12.0 Å². The maximum absolute atomic E-state index is 5.62. The lowest BCUT2D eigenvalue weighted by molar-refractivity contribution is 0.242. The Labute approximate surface area is 113 Å². The molecular formula is C15H20N2O2. The molecule has 0 saturated carbocycles. The van der Waals surface area contributed by atoms with Gasteiger partial charge in [0.1, 0.15) is 11.5 Å². The molecule has 1 heterocycles. The van der Waals surface area contributed by atoms with Gasteiger partial charge < -0.3 is 14.5 Å². The average Bonchev–Trinajstić information content (AvgIpc) is 2.89. The molecule has 0 spiro atoms. The normalized spacial score (nSPS) is 12.6. The van der Waals surface area contributed by atoms with Gasteiger partial charge in [0.15, 0.2) is 6.39 Å². The van der Waals surface area contributed by atoms with Crippen molar-refractivity contribution in [3.63, 3.8) is 0 Å². The zero-order valence-electron chi connectivity index (χ0n) is 11.6. The van der Waals surface area contributed by atoms with Gasteiger partial charge in [-0.05, 0) is 38.5 Å². The van der Waals surface area contributed by atoms with E-state index in [-0.39, 0.29) is 12.1 Å². The van der Waals surface area contributed by atoms with Crippen LogP contribution in [-0.2, 0) is 6.54 Å². The maximum atomic E-state index is 5.62. The molecule has 4 heteroatoms. The molecule has 0 radical (unpaired) electrons. The van der Waals surface area contributed by atoms with Gasteiger partial charge in [0, 0.05) is 6.04 Å². The summed E-state index contributed by atoms with van der Waals surface area (Å²) in [6.45, 7) is 6.84. The number of hydrogen-bond acceptors (Lipinski definition) is 4. The molecule has 19 heavy (non-hydrogen) atoms. The first-order valence-corrected chi connectivity index (χ1v) is 6.52. The predicted molar refractivity (Wildman–Crippen MR) is 74.0 cm³/mol. The summed E-state index contributed by atoms with van der Waals surface area (Å²) in [6.07, 6.45) is 3.37. The third-order valence-electron chi connectivity index (χ3n) is 2.82. The van der Waals surface area contributed by atoms with Gasteiger partial charge in [-0.15, -0.1) is 0 Å². The summed E-state index contributed by atoms with van der Waals surface area (Å²) in [5.41, 5.74) is 1.22. The van der Waals surface area contributed by atoms with Gasteiger partial charge in [0.2, 0.25) is 0 Å². The summed E-state index contributed by atoms with van der Waals surface area (Å²) in [7, 11) is 0. The van der Waals surface area contributed by atoms with Crippen LogP contribution in [-0.4, -0.2) is 11.1 Å². The minimum Gasteiger partial charge on any atom is -0.491 e. The van der Waals surface area contributed by atoms with Crippen LogP contribution in [0, 0.1) is 0 Å². The summed E-state index contributed by atoms with van der Waals surface area (Å²) in [5.74, 6) is 1.74. The van der Waals surface area contributed by atoms with Crippen molar-refractivity contribution >= 4 is 0 Å². The summed E-state index contributed by atoms with van der Waals surface area (Å²) in [4.78, 5) is 3.89. The molecule has 0 aliphatic heterocycles. The van der Waals surface area contributed by atoms with Crippen LogP contribution in [0.4, 0.5) is 0 Å². The van der Waals surface area contributed by atoms with Crippen molar-refractivity contribution < 1.29 is 9.15 Å². The number of hydrogen-bond donors (Lipinski definition) is 1. The van der Waals surface area contributed by atoms with Gasteiger partial charge in [-0.2, -0.15) is 0 Å². The topological polar surface area (TPSA) is 47.3 Å². The van der Waals surface area contributed by atoms with Crippen molar-refractivity contribution in [3.8, 4) is 5.75 Å². The van der Waals surface area contributed by atoms with E-state index in [4.69, 9.17) is 9.15 Å². The Morgan fingerprint density at radius 2 is 1.95 bits per heavy atom. The second kappa shape index (κ2) is 6.38. The largest absolute Gasteiger partial charge is 0.491 e. The van der Waals surface area contributed by atoms with E-state index in [1.807, 2.05) is 26.0 Å². The number of nitrogens with one attached hydrogen (secondary N) is 1. The van der Waals surface area contributed by atoms with E-state index < -0.39 is 0 Å². The molecule has 2 aromatic rings. The molecule has 0 bridgehead atoms. The monoisotopic (exact) mass is 260 g/mol. The lowest BCUT2D eigenvalue weighted by Crippen LogP contribution is -2.17. The molecule has 2 rings (SSSR count). The van der Waals surface area contributed by atoms with E-state index >= 15 is 0 Å². The molecule has 102 valence electrons. The molecule has 0 amide bonds. The van der Waals surface area contributed by atoms with E-state index in [9.17, 15) is 0 Å². The standard InChI is InChI=1S/C15H20N2O2/c1-11(2)19-14-6-4-13(5-7-14)12(3)17-9-15-8-16-10-18-15/h4-8,10-12,17H,9H2,1-3H3. The van der Waals surface area contributed by atoms with Crippen molar-refractivity contribution in [1.82, 2.24) is 10.3 Å². The van der Waals surface area contributed by atoms with Crippen LogP contribution >= 0.6 is 0 Å². The fraction of sp³-hybridized carbons (Fsp3) is 0.400. The summed E-state index contributed by atoms with van der Waals surface area (Å²) in [5, 5.41) is 3.39. The molecule has 0 fully saturated rings. The van der Waals surface area contributed by atoms with Crippen molar-refractivity contribution in [1.29, 1.82) is 0 Å². The van der Waals surface area contributed by atoms with Crippen molar-refractivity contribution in [2.24, 2.45) is 0 Å². The Morgan fingerprint density at radius 1 is 1.21 bits per heavy atom. The van der Waals surface area contributed by atoms with E-state index in [0.717, 1.165) is 11.5 Å². The van der Waals surface area contributed by atoms with Crippen LogP contribution in [0.1, 0.15) is 38.1 Å². The Kier molecular flexibility index (Phi) is 4.58. The van der Waals surface area contributed by atoms with Gasteiger partial charge in [-0.25, -0.2) is 4.98 Å². The smallest absolute Gasteiger partial charge is 0.180 e. The van der Waals surface area contributed by atoms with Crippen LogP contribution in [0.3, 0.4) is 0 Å². The average molecular weight is 260 g/mol. The molecule has 1 N–H and O–H groups in total. The molecule has 0 aliphatic carbocycles. The van der Waals surface area contributed by atoms with Crippen LogP contribution in [0.15, 0.2) is 41.3 Å². The molecule has 1 aromatic carbocycles. The first kappa shape index (κ1) is 13.6. The quantitative estimate of drug-likeness (QED) is 0.865. The minimum absolute atomic E-state index is 0.202. The van der Waals surface area contributed by atoms with Gasteiger partial charge >= 0.3 is 0 Å². The third kappa shape index (κ3) is 4.10. The van der Waals surface area contributed by atoms with Crippen molar-refractivity contribution in [3.05, 3.63) is 48.2 Å². The molecule has 0 aliphatic rings. The lowest BCUT2D eigenvalue weighted by Gasteiger charge is -2.15. The van der Waals surface area contributed by atoms with Gasteiger partial charge in [-0.1, -0.05) is 12.1 Å². The highest BCUT2D eigenvalue weighted by Crippen LogP contribution is 2.18. The molecule has 0 saturated heterocycles. The zero-order chi connectivity index (χ0) is 13.7. The van der Waals surface area contributed by atoms with Crippen molar-refractivity contribution in [2.75, 3.05) is 0 Å². The second-order valence-corrected chi connectivity index (χ2v) is 4.81. The van der Waals surface area contributed by atoms with Crippen LogP contribution in [0.5, 0.6) is 5.75 Å². The molecule has 1 aromatic heterocycles. The summed E-state index contributed by atoms with van der Waals surface area (Å²) in [6, 6.07) is 8.41. The summed E-state index contributed by atoms with van der Waals surface area (Å²) < 4.78 is 10.8. The van der Waals surface area contributed by atoms with E-state index in [0.29, 0.717) is 6.54 Å². The zero-order valence-corrected chi connectivity index (χ0v) is 11.6. The van der Waals surface area contributed by atoms with E-state index in [2.05, 4.69) is 29.4 Å². The lowest BCUT2D eigenvalue weighted by atomic mass is 10.1. The minimum atomic E-state index is 0.202. The van der Waals surface area contributed by atoms with Crippen LogP contribution < -0.4 is 10.1 Å². The highest BCUT2D eigenvalue weighted by molar-refractivity contribution is 5.29. The molecule has 1 unspecified atom stereocenters. The fourth-order valence-corrected chi connectivity index (χ4v) is 1.81. The first-order chi connectivity index (χ1) is 9.15. The van der Waals surface area contributed by atoms with Gasteiger partial charge in [0.25, 0.3) is 0 Å². The van der Waals surface area contributed by atoms with Crippen molar-refractivity contribution in [2.45, 2.75) is 39.5 Å². The number of oxazole rings is 1. The Balaban J connectivity index is 1.90. The number of rotatable bonds is 6. The summed E-state index contributed by atoms with van der Waals surface area (Å²) >= 11 is 0. The number of nitrogens with zero attached hydrogens (tertiary/aromatic N) is 1. The third-order valence-corrected chi connectivity index (χ3v) is 2.82. The van der Waals surface area contributed by atoms with Gasteiger partial charge in [-0.3, -0.25) is 0 Å². The van der Waals surface area contributed by atoms with Crippen LogP contribution in [0.2, 0.25) is 0 Å². The van der Waals surface area contributed by atoms with E-state index in [1.54, 1.807) is 6.20 Å². The highest BCUT2D eigenvalue weighted by Gasteiger charge is 2.06. The Bertz CT molecular complexity index is 477. The van der Waals surface area contributed by atoms with Gasteiger partial charge in [0.05, 0.1) is 18.8 Å².